The summed E-state index contributed by atoms with van der Waals surface area (Å²) in [5, 5.41) is 21.5. The van der Waals surface area contributed by atoms with E-state index in [0.717, 1.165) is 10.5 Å². The van der Waals surface area contributed by atoms with Crippen molar-refractivity contribution in [2.24, 2.45) is 5.92 Å². The number of amides is 2. The molecule has 5 N–H and O–H groups in total. The van der Waals surface area contributed by atoms with Crippen LogP contribution in [0, 0.1) is 5.92 Å². The van der Waals surface area contributed by atoms with Gasteiger partial charge >= 0.3 is 12.0 Å². The summed E-state index contributed by atoms with van der Waals surface area (Å²) in [5.74, 6) is -1.40. The molecule has 8 nitrogen and oxygen atoms in total. The zero-order chi connectivity index (χ0) is 14.9. The highest BCUT2D eigenvalue weighted by Crippen LogP contribution is 2.34. The first-order chi connectivity index (χ1) is 9.45. The smallest absolute Gasteiger partial charge is 0.327 e. The first-order valence-corrected chi connectivity index (χ1v) is 6.07. The van der Waals surface area contributed by atoms with Gasteiger partial charge in [-0.15, -0.1) is 0 Å². The number of nitrogens with zero attached hydrogens (tertiary/aromatic N) is 2. The van der Waals surface area contributed by atoms with Crippen LogP contribution in [-0.2, 0) is 11.2 Å². The quantitative estimate of drug-likeness (QED) is 0.576. The Bertz CT molecular complexity index is 536. The van der Waals surface area contributed by atoms with Crippen LogP contribution >= 0.6 is 0 Å². The number of likely N-dealkylation sites (tertiary alicyclic amines) is 1. The monoisotopic (exact) mass is 280 g/mol. The molecule has 3 atom stereocenters. The van der Waals surface area contributed by atoms with Crippen molar-refractivity contribution in [2.45, 2.75) is 18.7 Å². The molecule has 20 heavy (non-hydrogen) atoms. The van der Waals surface area contributed by atoms with Gasteiger partial charge in [0.2, 0.25) is 0 Å². The van der Waals surface area contributed by atoms with E-state index in [4.69, 9.17) is 5.73 Å². The van der Waals surface area contributed by atoms with E-state index < -0.39 is 30.2 Å². The van der Waals surface area contributed by atoms with Gasteiger partial charge in [0.1, 0.15) is 18.1 Å². The number of aliphatic carboxylic acids is 1. The number of carboxylic acids is 1. The number of nitrogens with one attached hydrogen (secondary N) is 1. The first kappa shape index (κ1) is 14.1. The van der Waals surface area contributed by atoms with E-state index in [1.54, 1.807) is 12.1 Å². The van der Waals surface area contributed by atoms with Crippen molar-refractivity contribution in [1.29, 1.82) is 0 Å². The number of carbonyl (C=O) groups is 2. The molecular formula is C12H16N4O4. The minimum absolute atomic E-state index is 0.304. The number of rotatable bonds is 3. The number of hydrogen-bond donors (Lipinski definition) is 4. The lowest BCUT2D eigenvalue weighted by Gasteiger charge is -2.49. The zero-order valence-corrected chi connectivity index (χ0v) is 10.9. The maximum atomic E-state index is 11.5. The van der Waals surface area contributed by atoms with E-state index in [2.05, 4.69) is 10.3 Å². The molecular weight excluding hydrogens is 264 g/mol. The molecule has 1 saturated heterocycles. The largest absolute Gasteiger partial charge is 0.480 e. The number of hydrogen-bond acceptors (Lipinski definition) is 5. The van der Waals surface area contributed by atoms with Crippen LogP contribution in [0.1, 0.15) is 5.56 Å². The van der Waals surface area contributed by atoms with Crippen molar-refractivity contribution >= 4 is 17.8 Å². The summed E-state index contributed by atoms with van der Waals surface area (Å²) < 4.78 is 0. The Kier molecular flexibility index (Phi) is 3.75. The highest BCUT2D eigenvalue weighted by atomic mass is 16.4. The molecule has 1 aliphatic heterocycles. The molecule has 0 bridgehead atoms. The lowest BCUT2D eigenvalue weighted by Crippen LogP contribution is -2.70. The number of nitrogens with two attached hydrogens (primary N) is 1. The van der Waals surface area contributed by atoms with Crippen LogP contribution < -0.4 is 11.1 Å². The minimum atomic E-state index is -1.15. The van der Waals surface area contributed by atoms with Gasteiger partial charge in [-0.25, -0.2) is 14.6 Å². The van der Waals surface area contributed by atoms with Crippen molar-refractivity contribution in [1.82, 2.24) is 15.2 Å². The molecule has 0 spiro atoms. The van der Waals surface area contributed by atoms with E-state index in [9.17, 15) is 19.8 Å². The summed E-state index contributed by atoms with van der Waals surface area (Å²) in [6.45, 7) is 0. The van der Waals surface area contributed by atoms with Gasteiger partial charge in [-0.3, -0.25) is 4.90 Å². The highest BCUT2D eigenvalue weighted by Gasteiger charge is 2.53. The third-order valence-corrected chi connectivity index (χ3v) is 3.39. The Hall–Kier alpha value is -2.35. The second-order valence-electron chi connectivity index (χ2n) is 4.62. The maximum absolute atomic E-state index is 11.5. The number of carbonyl (C=O) groups excluding carboxylic acids is 1. The Labute approximate surface area is 115 Å². The van der Waals surface area contributed by atoms with Gasteiger partial charge in [0.25, 0.3) is 0 Å². The van der Waals surface area contributed by atoms with E-state index in [-0.39, 0.29) is 0 Å². The molecule has 2 rings (SSSR count). The van der Waals surface area contributed by atoms with Gasteiger partial charge < -0.3 is 21.3 Å². The molecule has 0 radical (unpaired) electrons. The average molecular weight is 280 g/mol. The maximum Gasteiger partial charge on any atom is 0.327 e. The number of aliphatic hydroxyl groups is 1. The highest BCUT2D eigenvalue weighted by molar-refractivity contribution is 5.85. The fourth-order valence-corrected chi connectivity index (χ4v) is 2.43. The number of nitrogen functional groups attached to an aromatic ring is 1. The molecule has 1 aromatic heterocycles. The Morgan fingerprint density at radius 3 is 2.80 bits per heavy atom. The summed E-state index contributed by atoms with van der Waals surface area (Å²) in [6.07, 6.45) is 0.686. The summed E-state index contributed by atoms with van der Waals surface area (Å²) in [4.78, 5) is 27.5. The van der Waals surface area contributed by atoms with Crippen LogP contribution in [0.5, 0.6) is 0 Å². The molecule has 2 amide bonds. The third-order valence-electron chi connectivity index (χ3n) is 3.39. The lowest BCUT2D eigenvalue weighted by atomic mass is 9.81. The molecule has 0 saturated carbocycles. The molecule has 1 fully saturated rings. The van der Waals surface area contributed by atoms with E-state index in [1.165, 1.54) is 13.2 Å². The molecule has 2 heterocycles. The number of anilines is 1. The van der Waals surface area contributed by atoms with Crippen LogP contribution in [-0.4, -0.2) is 51.4 Å². The van der Waals surface area contributed by atoms with E-state index in [0.29, 0.717) is 12.2 Å². The first-order valence-electron chi connectivity index (χ1n) is 6.07. The van der Waals surface area contributed by atoms with Gasteiger partial charge in [-0.1, -0.05) is 0 Å². The van der Waals surface area contributed by atoms with Crippen molar-refractivity contribution < 1.29 is 19.8 Å². The van der Waals surface area contributed by atoms with Crippen molar-refractivity contribution in [3.8, 4) is 0 Å². The van der Waals surface area contributed by atoms with Gasteiger partial charge in [0.15, 0.2) is 0 Å². The molecule has 0 aromatic carbocycles. The van der Waals surface area contributed by atoms with Gasteiger partial charge in [-0.05, 0) is 24.1 Å². The van der Waals surface area contributed by atoms with Crippen molar-refractivity contribution in [2.75, 3.05) is 12.8 Å². The number of aromatic nitrogens is 1. The zero-order valence-electron chi connectivity index (χ0n) is 10.9. The Morgan fingerprint density at radius 1 is 1.55 bits per heavy atom. The topological polar surface area (TPSA) is 129 Å². The van der Waals surface area contributed by atoms with Crippen LogP contribution in [0.3, 0.4) is 0 Å². The third kappa shape index (κ3) is 2.37. The molecule has 1 aromatic rings. The van der Waals surface area contributed by atoms with Crippen molar-refractivity contribution in [3.05, 3.63) is 23.9 Å². The second-order valence-corrected chi connectivity index (χ2v) is 4.62. The summed E-state index contributed by atoms with van der Waals surface area (Å²) in [7, 11) is 1.38. The van der Waals surface area contributed by atoms with Crippen molar-refractivity contribution in [3.63, 3.8) is 0 Å². The van der Waals surface area contributed by atoms with E-state index in [1.807, 2.05) is 0 Å². The fourth-order valence-electron chi connectivity index (χ4n) is 2.43. The second kappa shape index (κ2) is 5.33. The Morgan fingerprint density at radius 2 is 2.25 bits per heavy atom. The SMILES string of the molecule is CNC(=O)N1C(O)[C@H](Cc2ccnc(N)c2)[C@H]1C(=O)O. The number of aliphatic hydroxyl groups excluding tert-OH is 1. The summed E-state index contributed by atoms with van der Waals surface area (Å²) in [6, 6.07) is 1.65. The van der Waals surface area contributed by atoms with Crippen LogP contribution in [0.4, 0.5) is 10.6 Å². The molecule has 1 aliphatic rings. The average Bonchev–Trinajstić information content (AvgIpc) is 2.40. The predicted octanol–water partition coefficient (Wildman–Crippen LogP) is -0.751. The van der Waals surface area contributed by atoms with Crippen LogP contribution in [0.25, 0.3) is 0 Å². The molecule has 0 aliphatic carbocycles. The summed E-state index contributed by atoms with van der Waals surface area (Å²) in [5.41, 5.74) is 6.32. The molecule has 108 valence electrons. The number of pyridine rings is 1. The van der Waals surface area contributed by atoms with Crippen LogP contribution in [0.2, 0.25) is 0 Å². The number of urea groups is 1. The standard InChI is InChI=1S/C12H16N4O4/c1-14-12(20)16-9(11(18)19)7(10(16)17)4-6-2-3-15-8(13)5-6/h2-3,5,7,9-10,17H,4H2,1H3,(H2,13,15)(H,14,20)(H,18,19)/t7-,9+,10?/m1/s1. The van der Waals surface area contributed by atoms with Gasteiger partial charge in [0.05, 0.1) is 0 Å². The molecule has 1 unspecified atom stereocenters. The predicted molar refractivity (Wildman–Crippen MR) is 69.6 cm³/mol. The number of carboxylic acid groups (broad SMARTS) is 1. The van der Waals surface area contributed by atoms with E-state index >= 15 is 0 Å². The van der Waals surface area contributed by atoms with Crippen LogP contribution in [0.15, 0.2) is 18.3 Å². The fraction of sp³-hybridized carbons (Fsp3) is 0.417. The van der Waals surface area contributed by atoms with Gasteiger partial charge in [-0.2, -0.15) is 0 Å². The minimum Gasteiger partial charge on any atom is -0.480 e. The Balaban J connectivity index is 2.16. The lowest BCUT2D eigenvalue weighted by molar-refractivity contribution is -0.180. The normalized spacial score (nSPS) is 24.9. The molecule has 8 heteroatoms. The van der Waals surface area contributed by atoms with Gasteiger partial charge in [0, 0.05) is 19.2 Å². The summed E-state index contributed by atoms with van der Waals surface area (Å²) >= 11 is 0.